The highest BCUT2D eigenvalue weighted by Crippen LogP contribution is 2.32. The number of nitrogens with two attached hydrogens (primary N) is 1. The second-order valence-electron chi connectivity index (χ2n) is 15.0. The molecule has 0 fully saturated rings. The fraction of sp³-hybridized carbons (Fsp3) is 0.349. The predicted molar refractivity (Wildman–Crippen MR) is 207 cm³/mol. The average molecular weight is 738 g/mol. The summed E-state index contributed by atoms with van der Waals surface area (Å²) in [5.41, 5.74) is 6.66. The van der Waals surface area contributed by atoms with Crippen molar-refractivity contribution >= 4 is 29.6 Å². The second-order valence-corrected chi connectivity index (χ2v) is 15.0. The van der Waals surface area contributed by atoms with Crippen molar-refractivity contribution in [1.29, 1.82) is 0 Å². The Balaban J connectivity index is 1.55. The minimum absolute atomic E-state index is 0.0201. The van der Waals surface area contributed by atoms with Crippen LogP contribution in [0.25, 0.3) is 11.1 Å². The molecular formula is C43H51N3O8. The van der Waals surface area contributed by atoms with Gasteiger partial charge in [0.15, 0.2) is 5.66 Å². The molecule has 4 N–H and O–H groups in total. The summed E-state index contributed by atoms with van der Waals surface area (Å²) in [6.07, 6.45) is -0.143. The van der Waals surface area contributed by atoms with Crippen LogP contribution in [-0.4, -0.2) is 40.8 Å². The monoisotopic (exact) mass is 737 g/mol. The van der Waals surface area contributed by atoms with Crippen molar-refractivity contribution in [3.05, 3.63) is 120 Å². The van der Waals surface area contributed by atoms with Gasteiger partial charge < -0.3 is 30.0 Å². The van der Waals surface area contributed by atoms with Gasteiger partial charge in [-0.3, -0.25) is 14.9 Å². The normalized spacial score (nSPS) is 12.5. The van der Waals surface area contributed by atoms with Crippen LogP contribution in [0.3, 0.4) is 0 Å². The van der Waals surface area contributed by atoms with Crippen LogP contribution >= 0.6 is 0 Å². The number of benzene rings is 4. The van der Waals surface area contributed by atoms with Gasteiger partial charge in [-0.25, -0.2) is 9.59 Å². The van der Waals surface area contributed by atoms with Crippen LogP contribution in [-0.2, 0) is 37.0 Å². The fourth-order valence-electron chi connectivity index (χ4n) is 5.31. The Morgan fingerprint density at radius 3 is 1.94 bits per heavy atom. The summed E-state index contributed by atoms with van der Waals surface area (Å²) in [7, 11) is 0. The van der Waals surface area contributed by atoms with E-state index >= 15 is 0 Å². The lowest BCUT2D eigenvalue weighted by Crippen LogP contribution is -2.64. The molecule has 286 valence electrons. The molecule has 4 rings (SSSR count). The Hall–Kier alpha value is -5.68. The van der Waals surface area contributed by atoms with Crippen LogP contribution in [0.15, 0.2) is 103 Å². The quantitative estimate of drug-likeness (QED) is 0.0473. The number of hydrogen-bond acceptors (Lipinski definition) is 9. The molecule has 0 aliphatic rings. The first-order valence-corrected chi connectivity index (χ1v) is 18.0. The minimum atomic E-state index is -1.93. The van der Waals surface area contributed by atoms with Gasteiger partial charge in [0.1, 0.15) is 30.2 Å². The molecule has 0 spiro atoms. The molecule has 4 aromatic rings. The van der Waals surface area contributed by atoms with Crippen molar-refractivity contribution in [1.82, 2.24) is 5.32 Å². The predicted octanol–water partition coefficient (Wildman–Crippen LogP) is 8.31. The first-order chi connectivity index (χ1) is 25.5. The van der Waals surface area contributed by atoms with E-state index in [-0.39, 0.29) is 25.0 Å². The molecule has 0 bridgehead atoms. The van der Waals surface area contributed by atoms with Crippen molar-refractivity contribution in [2.75, 3.05) is 5.32 Å². The van der Waals surface area contributed by atoms with Gasteiger partial charge in [-0.1, -0.05) is 72.8 Å². The maximum Gasteiger partial charge on any atom is 0.409 e. The molecule has 0 aliphatic heterocycles. The Morgan fingerprint density at radius 2 is 1.31 bits per heavy atom. The number of amides is 2. The lowest BCUT2D eigenvalue weighted by Gasteiger charge is -2.31. The molecule has 0 saturated heterocycles. The zero-order chi connectivity index (χ0) is 39.4. The maximum atomic E-state index is 13.9. The van der Waals surface area contributed by atoms with Gasteiger partial charge in [-0.2, -0.15) is 0 Å². The Morgan fingerprint density at radius 1 is 0.685 bits per heavy atom. The van der Waals surface area contributed by atoms with Crippen LogP contribution in [0.2, 0.25) is 0 Å². The van der Waals surface area contributed by atoms with E-state index in [1.54, 1.807) is 65.8 Å². The second kappa shape index (κ2) is 18.4. The number of alkyl carbamates (subject to hydrolysis) is 1. The molecule has 11 heteroatoms. The molecule has 0 heterocycles. The lowest BCUT2D eigenvalue weighted by atomic mass is 9.97. The molecule has 4 aromatic carbocycles. The summed E-state index contributed by atoms with van der Waals surface area (Å²) in [6, 6.07) is 31.1. The number of ether oxygens (including phenoxy) is 4. The standard InChI is InChI=1S/C43H51N3O8/c1-41(2,3)53-38(48)35-24-23-33(27-36(35)32-20-15-21-34(26-32)51-28-30-16-9-7-10-17-30)45-39(49)43(44,46-40(50)54-42(4,5)6)25-14-13-22-37(47)52-29-31-18-11-8-12-19-31/h7-12,15-21,23-24,26-27H,13-14,22,25,28-29,44H2,1-6H3,(H,45,49)(H,46,50)/t43-/m0/s1. The Bertz CT molecular complexity index is 1880. The molecule has 11 nitrogen and oxygen atoms in total. The molecular weight excluding hydrogens is 686 g/mol. The largest absolute Gasteiger partial charge is 0.489 e. The Kier molecular flexibility index (Phi) is 14.0. The van der Waals surface area contributed by atoms with Gasteiger partial charge in [0, 0.05) is 12.1 Å². The highest BCUT2D eigenvalue weighted by atomic mass is 16.6. The van der Waals surface area contributed by atoms with Crippen LogP contribution < -0.4 is 21.1 Å². The van der Waals surface area contributed by atoms with Crippen LogP contribution in [0, 0.1) is 0 Å². The van der Waals surface area contributed by atoms with Gasteiger partial charge in [-0.15, -0.1) is 0 Å². The molecule has 0 aromatic heterocycles. The van der Waals surface area contributed by atoms with Crippen molar-refractivity contribution in [3.63, 3.8) is 0 Å². The SMILES string of the molecule is CC(C)(C)OC(=O)N[C@@](N)(CCCCC(=O)OCc1ccccc1)C(=O)Nc1ccc(C(=O)OC(C)(C)C)c(-c2cccc(OCc3ccccc3)c2)c1. The third-order valence-corrected chi connectivity index (χ3v) is 7.86. The highest BCUT2D eigenvalue weighted by Gasteiger charge is 2.37. The molecule has 1 atom stereocenters. The molecule has 0 unspecified atom stereocenters. The lowest BCUT2D eigenvalue weighted by molar-refractivity contribution is -0.145. The van der Waals surface area contributed by atoms with Crippen molar-refractivity contribution in [2.24, 2.45) is 5.73 Å². The number of unbranched alkanes of at least 4 members (excludes halogenated alkanes) is 1. The highest BCUT2D eigenvalue weighted by molar-refractivity contribution is 6.02. The van der Waals surface area contributed by atoms with Gasteiger partial charge in [0.05, 0.1) is 5.56 Å². The number of anilines is 1. The van der Waals surface area contributed by atoms with Crippen LogP contribution in [0.1, 0.15) is 88.7 Å². The number of nitrogens with one attached hydrogen (secondary N) is 2. The number of rotatable bonds is 15. The van der Waals surface area contributed by atoms with Crippen LogP contribution in [0.5, 0.6) is 5.75 Å². The maximum absolute atomic E-state index is 13.9. The van der Waals surface area contributed by atoms with Gasteiger partial charge in [0.25, 0.3) is 5.91 Å². The number of carbonyl (C=O) groups excluding carboxylic acids is 4. The summed E-state index contributed by atoms with van der Waals surface area (Å²) in [5, 5.41) is 5.35. The zero-order valence-corrected chi connectivity index (χ0v) is 31.9. The molecule has 2 amide bonds. The summed E-state index contributed by atoms with van der Waals surface area (Å²) in [5.74, 6) is -1.09. The van der Waals surface area contributed by atoms with Gasteiger partial charge in [-0.05, 0) is 113 Å². The fourth-order valence-corrected chi connectivity index (χ4v) is 5.31. The van der Waals surface area contributed by atoms with E-state index in [0.29, 0.717) is 42.0 Å². The number of carbonyl (C=O) groups is 4. The molecule has 0 radical (unpaired) electrons. The first kappa shape index (κ1) is 41.1. The van der Waals surface area contributed by atoms with E-state index in [4.69, 9.17) is 24.7 Å². The van der Waals surface area contributed by atoms with Gasteiger partial charge in [0.2, 0.25) is 0 Å². The van der Waals surface area contributed by atoms with E-state index in [1.165, 1.54) is 0 Å². The summed E-state index contributed by atoms with van der Waals surface area (Å²) >= 11 is 0. The third-order valence-electron chi connectivity index (χ3n) is 7.86. The molecule has 0 aliphatic carbocycles. The van der Waals surface area contributed by atoms with E-state index in [1.807, 2.05) is 78.9 Å². The zero-order valence-electron chi connectivity index (χ0n) is 31.9. The summed E-state index contributed by atoms with van der Waals surface area (Å²) in [6.45, 7) is 10.9. The third kappa shape index (κ3) is 13.4. The van der Waals surface area contributed by atoms with Crippen molar-refractivity contribution in [2.45, 2.75) is 97.3 Å². The number of esters is 2. The van der Waals surface area contributed by atoms with Crippen LogP contribution in [0.4, 0.5) is 10.5 Å². The van der Waals surface area contributed by atoms with Crippen molar-refractivity contribution in [3.8, 4) is 16.9 Å². The Labute approximate surface area is 317 Å². The summed E-state index contributed by atoms with van der Waals surface area (Å²) in [4.78, 5) is 52.7. The van der Waals surface area contributed by atoms with Crippen molar-refractivity contribution < 1.29 is 38.1 Å². The van der Waals surface area contributed by atoms with E-state index in [2.05, 4.69) is 10.6 Å². The van der Waals surface area contributed by atoms with E-state index in [0.717, 1.165) is 11.1 Å². The smallest absolute Gasteiger partial charge is 0.409 e. The van der Waals surface area contributed by atoms with E-state index in [9.17, 15) is 19.2 Å². The van der Waals surface area contributed by atoms with Gasteiger partial charge >= 0.3 is 18.0 Å². The first-order valence-electron chi connectivity index (χ1n) is 18.0. The van der Waals surface area contributed by atoms with E-state index < -0.39 is 40.8 Å². The minimum Gasteiger partial charge on any atom is -0.489 e. The molecule has 54 heavy (non-hydrogen) atoms. The number of hydrogen-bond donors (Lipinski definition) is 3. The average Bonchev–Trinajstić information content (AvgIpc) is 3.11. The summed E-state index contributed by atoms with van der Waals surface area (Å²) < 4.78 is 22.6. The topological polar surface area (TPSA) is 155 Å². The molecule has 0 saturated carbocycles.